The molecule has 2 aliphatic carbocycles. The molecule has 4 rings (SSSR count). The molecule has 3 heteroatoms. The van der Waals surface area contributed by atoms with Gasteiger partial charge < -0.3 is 4.74 Å². The van der Waals surface area contributed by atoms with Gasteiger partial charge in [-0.1, -0.05) is 44.2 Å². The molecule has 1 aromatic carbocycles. The maximum atomic E-state index is 13.0. The maximum absolute atomic E-state index is 13.0. The largest absolute Gasteiger partial charge is 0.478 e. The van der Waals surface area contributed by atoms with Crippen molar-refractivity contribution in [1.29, 1.82) is 0 Å². The number of hydrogen-bond donors (Lipinski definition) is 0. The molecule has 3 atom stereocenters. The Bertz CT molecular complexity index is 784. The van der Waals surface area contributed by atoms with Gasteiger partial charge in [0, 0.05) is 17.0 Å². The van der Waals surface area contributed by atoms with Crippen molar-refractivity contribution in [2.24, 2.45) is 17.8 Å². The van der Waals surface area contributed by atoms with Gasteiger partial charge in [-0.3, -0.25) is 9.59 Å². The third kappa shape index (κ3) is 1.89. The average molecular weight is 308 g/mol. The Morgan fingerprint density at radius 3 is 2.43 bits per heavy atom. The number of rotatable bonds is 1. The molecule has 0 amide bonds. The van der Waals surface area contributed by atoms with E-state index in [-0.39, 0.29) is 23.2 Å². The second kappa shape index (κ2) is 4.67. The smallest absolute Gasteiger partial charge is 0.228 e. The molecule has 118 valence electrons. The molecule has 0 radical (unpaired) electrons. The summed E-state index contributed by atoms with van der Waals surface area (Å²) in [6.45, 7) is 6.35. The molecule has 0 N–H and O–H groups in total. The summed E-state index contributed by atoms with van der Waals surface area (Å²) in [5, 5.41) is 0. The Labute approximate surface area is 136 Å². The zero-order chi connectivity index (χ0) is 16.4. The van der Waals surface area contributed by atoms with E-state index in [1.165, 1.54) is 0 Å². The topological polar surface area (TPSA) is 43.4 Å². The second-order valence-electron chi connectivity index (χ2n) is 7.29. The van der Waals surface area contributed by atoms with Crippen LogP contribution in [0, 0.1) is 17.8 Å². The van der Waals surface area contributed by atoms with Gasteiger partial charge in [-0.25, -0.2) is 0 Å². The van der Waals surface area contributed by atoms with Crippen molar-refractivity contribution in [1.82, 2.24) is 0 Å². The fraction of sp³-hybridized carbons (Fsp3) is 0.400. The van der Waals surface area contributed by atoms with E-state index in [1.54, 1.807) is 18.2 Å². The molecular formula is C20H20O3. The second-order valence-corrected chi connectivity index (χ2v) is 7.29. The van der Waals surface area contributed by atoms with Gasteiger partial charge in [-0.2, -0.15) is 0 Å². The average Bonchev–Trinajstić information content (AvgIpc) is 2.85. The van der Waals surface area contributed by atoms with Crippen molar-refractivity contribution in [3.8, 4) is 0 Å². The predicted molar refractivity (Wildman–Crippen MR) is 87.2 cm³/mol. The molecule has 3 unspecified atom stereocenters. The lowest BCUT2D eigenvalue weighted by Gasteiger charge is -2.36. The van der Waals surface area contributed by atoms with Gasteiger partial charge in [0.1, 0.15) is 5.60 Å². The Kier molecular flexibility index (Phi) is 2.93. The van der Waals surface area contributed by atoms with Gasteiger partial charge in [0.2, 0.25) is 5.78 Å². The molecule has 0 bridgehead atoms. The highest BCUT2D eigenvalue weighted by atomic mass is 16.5. The molecule has 23 heavy (non-hydrogen) atoms. The summed E-state index contributed by atoms with van der Waals surface area (Å²) < 4.78 is 6.05. The number of hydrogen-bond acceptors (Lipinski definition) is 3. The fourth-order valence-corrected chi connectivity index (χ4v) is 4.03. The molecule has 3 nitrogen and oxygen atoms in total. The normalized spacial score (nSPS) is 31.8. The van der Waals surface area contributed by atoms with Crippen molar-refractivity contribution < 1.29 is 14.3 Å². The number of ether oxygens (including phenoxy) is 1. The van der Waals surface area contributed by atoms with E-state index in [0.717, 1.165) is 6.42 Å². The number of allylic oxidation sites excluding steroid dienone is 2. The summed E-state index contributed by atoms with van der Waals surface area (Å²) in [6.07, 6.45) is 5.09. The van der Waals surface area contributed by atoms with Crippen molar-refractivity contribution in [3.63, 3.8) is 0 Å². The van der Waals surface area contributed by atoms with Gasteiger partial charge >= 0.3 is 0 Å². The number of fused-ring (bicyclic) bond motifs is 3. The van der Waals surface area contributed by atoms with Crippen LogP contribution in [-0.2, 0) is 4.74 Å². The number of Topliss-reactive ketones (excluding diaryl/α,β-unsaturated/α-hetero) is 2. The molecule has 1 aliphatic heterocycles. The van der Waals surface area contributed by atoms with E-state index >= 15 is 0 Å². The molecule has 3 aliphatic rings. The lowest BCUT2D eigenvalue weighted by Crippen LogP contribution is -2.37. The van der Waals surface area contributed by atoms with Crippen LogP contribution in [0.1, 0.15) is 47.9 Å². The van der Waals surface area contributed by atoms with Crippen LogP contribution in [0.4, 0.5) is 0 Å². The summed E-state index contributed by atoms with van der Waals surface area (Å²) in [6, 6.07) is 7.05. The third-order valence-corrected chi connectivity index (χ3v) is 5.51. The lowest BCUT2D eigenvalue weighted by atomic mass is 9.69. The molecule has 0 aromatic heterocycles. The van der Waals surface area contributed by atoms with Crippen LogP contribution >= 0.6 is 0 Å². The first kappa shape index (κ1) is 14.4. The van der Waals surface area contributed by atoms with Crippen LogP contribution in [0.25, 0.3) is 0 Å². The number of carbonyl (C=O) groups excluding carboxylic acids is 2. The van der Waals surface area contributed by atoms with Crippen LogP contribution in [0.3, 0.4) is 0 Å². The van der Waals surface area contributed by atoms with E-state index in [1.807, 2.05) is 13.0 Å². The Balaban J connectivity index is 1.83. The van der Waals surface area contributed by atoms with E-state index in [0.29, 0.717) is 28.5 Å². The minimum Gasteiger partial charge on any atom is -0.478 e. The van der Waals surface area contributed by atoms with Gasteiger partial charge in [-0.15, -0.1) is 0 Å². The first-order valence-electron chi connectivity index (χ1n) is 8.23. The van der Waals surface area contributed by atoms with Crippen molar-refractivity contribution in [2.75, 3.05) is 0 Å². The van der Waals surface area contributed by atoms with E-state index in [9.17, 15) is 9.59 Å². The Morgan fingerprint density at radius 1 is 1.13 bits per heavy atom. The first-order valence-corrected chi connectivity index (χ1v) is 8.23. The Morgan fingerprint density at radius 2 is 1.78 bits per heavy atom. The molecule has 0 fully saturated rings. The van der Waals surface area contributed by atoms with Gasteiger partial charge in [0.25, 0.3) is 0 Å². The van der Waals surface area contributed by atoms with E-state index < -0.39 is 5.60 Å². The van der Waals surface area contributed by atoms with Crippen LogP contribution in [0.5, 0.6) is 0 Å². The SMILES string of the molecule is CC(C)C1C=CC2(C)OC3=C(C(=O)c4ccccc4C3=O)C2C1. The number of ketones is 2. The van der Waals surface area contributed by atoms with E-state index in [2.05, 4.69) is 26.0 Å². The summed E-state index contributed by atoms with van der Waals surface area (Å²) in [5.74, 6) is 0.947. The maximum Gasteiger partial charge on any atom is 0.228 e. The fourth-order valence-electron chi connectivity index (χ4n) is 4.03. The van der Waals surface area contributed by atoms with Crippen LogP contribution < -0.4 is 0 Å². The first-order chi connectivity index (χ1) is 10.9. The molecule has 1 aromatic rings. The Hall–Kier alpha value is -2.16. The number of carbonyl (C=O) groups is 2. The van der Waals surface area contributed by atoms with Gasteiger partial charge in [0.15, 0.2) is 11.5 Å². The van der Waals surface area contributed by atoms with Crippen LogP contribution in [0.15, 0.2) is 47.7 Å². The third-order valence-electron chi connectivity index (χ3n) is 5.51. The zero-order valence-electron chi connectivity index (χ0n) is 13.6. The lowest BCUT2D eigenvalue weighted by molar-refractivity contribution is 0.0346. The molecule has 0 saturated heterocycles. The quantitative estimate of drug-likeness (QED) is 0.738. The van der Waals surface area contributed by atoms with Crippen LogP contribution in [0.2, 0.25) is 0 Å². The highest BCUT2D eigenvalue weighted by molar-refractivity contribution is 6.26. The summed E-state index contributed by atoms with van der Waals surface area (Å²) in [7, 11) is 0. The summed E-state index contributed by atoms with van der Waals surface area (Å²) >= 11 is 0. The highest BCUT2D eigenvalue weighted by Crippen LogP contribution is 2.51. The van der Waals surface area contributed by atoms with Crippen molar-refractivity contribution >= 4 is 11.6 Å². The van der Waals surface area contributed by atoms with Crippen molar-refractivity contribution in [3.05, 3.63) is 58.9 Å². The molecule has 0 saturated carbocycles. The summed E-state index contributed by atoms with van der Waals surface area (Å²) in [5.41, 5.74) is 0.984. The van der Waals surface area contributed by atoms with Crippen molar-refractivity contribution in [2.45, 2.75) is 32.8 Å². The van der Waals surface area contributed by atoms with Gasteiger partial charge in [0.05, 0.1) is 5.57 Å². The standard InChI is InChI=1S/C20H20O3/c1-11(2)12-8-9-20(3)15(10-12)16-17(21)13-6-4-5-7-14(13)18(22)19(16)23-20/h4-9,11-12,15H,10H2,1-3H3. The predicted octanol–water partition coefficient (Wildman–Crippen LogP) is 3.96. The summed E-state index contributed by atoms with van der Waals surface area (Å²) in [4.78, 5) is 25.8. The molecular weight excluding hydrogens is 288 g/mol. The number of benzene rings is 1. The highest BCUT2D eigenvalue weighted by Gasteiger charge is 2.53. The van der Waals surface area contributed by atoms with E-state index in [4.69, 9.17) is 4.74 Å². The minimum atomic E-state index is -0.580. The molecule has 1 heterocycles. The van der Waals surface area contributed by atoms with Crippen LogP contribution in [-0.4, -0.2) is 17.2 Å². The molecule has 0 spiro atoms. The zero-order valence-corrected chi connectivity index (χ0v) is 13.6. The monoisotopic (exact) mass is 308 g/mol. The minimum absolute atomic E-state index is 0.0401. The van der Waals surface area contributed by atoms with Gasteiger partial charge in [-0.05, 0) is 31.3 Å².